The third kappa shape index (κ3) is 6.01. The molecule has 0 aliphatic carbocycles. The highest BCUT2D eigenvalue weighted by molar-refractivity contribution is 7.92. The molecular formula is C23H30N3O3S+. The Labute approximate surface area is 179 Å². The maximum atomic E-state index is 12.6. The van der Waals surface area contributed by atoms with E-state index in [1.54, 1.807) is 6.08 Å². The average molecular weight is 429 g/mol. The molecule has 0 unspecified atom stereocenters. The molecule has 0 saturated carbocycles. The van der Waals surface area contributed by atoms with Crippen molar-refractivity contribution in [2.75, 3.05) is 26.2 Å². The zero-order valence-electron chi connectivity index (χ0n) is 17.5. The first-order valence-corrected chi connectivity index (χ1v) is 11.8. The van der Waals surface area contributed by atoms with Gasteiger partial charge in [-0.3, -0.25) is 4.79 Å². The van der Waals surface area contributed by atoms with E-state index in [2.05, 4.69) is 5.32 Å². The van der Waals surface area contributed by atoms with Gasteiger partial charge in [-0.2, -0.15) is 4.31 Å². The zero-order valence-corrected chi connectivity index (χ0v) is 18.4. The molecule has 1 aliphatic rings. The van der Waals surface area contributed by atoms with Crippen molar-refractivity contribution in [3.05, 3.63) is 76.7 Å². The molecule has 0 bridgehead atoms. The Balaban J connectivity index is 1.49. The summed E-state index contributed by atoms with van der Waals surface area (Å²) in [4.78, 5) is 13.7. The summed E-state index contributed by atoms with van der Waals surface area (Å²) in [7, 11) is -3.46. The molecule has 2 aromatic rings. The second kappa shape index (κ2) is 10.0. The summed E-state index contributed by atoms with van der Waals surface area (Å²) in [5.41, 5.74) is 3.11. The summed E-state index contributed by atoms with van der Waals surface area (Å²) < 4.78 is 26.7. The Morgan fingerprint density at radius 1 is 1.10 bits per heavy atom. The molecule has 0 spiro atoms. The van der Waals surface area contributed by atoms with E-state index in [9.17, 15) is 13.2 Å². The molecule has 1 heterocycles. The van der Waals surface area contributed by atoms with Crippen molar-refractivity contribution >= 4 is 22.0 Å². The van der Waals surface area contributed by atoms with Gasteiger partial charge in [-0.15, -0.1) is 0 Å². The van der Waals surface area contributed by atoms with Crippen molar-refractivity contribution in [3.8, 4) is 0 Å². The SMILES string of the molecule is Cc1ccc(CNC(=O)[C@@H](C)[NH+]2CCN(S(=O)(=O)/C=C/c3ccccc3)CC2)cc1. The van der Waals surface area contributed by atoms with Crippen LogP contribution in [0.1, 0.15) is 23.6 Å². The molecule has 0 radical (unpaired) electrons. The molecule has 3 rings (SSSR count). The van der Waals surface area contributed by atoms with Gasteiger partial charge in [0.05, 0.1) is 26.2 Å². The number of carbonyl (C=O) groups is 1. The smallest absolute Gasteiger partial charge is 0.278 e. The summed E-state index contributed by atoms with van der Waals surface area (Å²) in [5.74, 6) is -0.00847. The van der Waals surface area contributed by atoms with Gasteiger partial charge < -0.3 is 10.2 Å². The topological polar surface area (TPSA) is 70.9 Å². The number of piperazine rings is 1. The summed E-state index contributed by atoms with van der Waals surface area (Å²) in [5, 5.41) is 4.26. The maximum Gasteiger partial charge on any atom is 0.278 e. The fourth-order valence-electron chi connectivity index (χ4n) is 3.51. The van der Waals surface area contributed by atoms with Crippen LogP contribution in [-0.4, -0.2) is 50.9 Å². The maximum absolute atomic E-state index is 12.6. The van der Waals surface area contributed by atoms with Gasteiger partial charge in [-0.1, -0.05) is 60.2 Å². The van der Waals surface area contributed by atoms with Crippen LogP contribution in [0.2, 0.25) is 0 Å². The number of rotatable bonds is 7. The third-order valence-corrected chi connectivity index (χ3v) is 7.11. The highest BCUT2D eigenvalue weighted by Gasteiger charge is 2.32. The summed E-state index contributed by atoms with van der Waals surface area (Å²) >= 11 is 0. The monoisotopic (exact) mass is 428 g/mol. The normalized spacial score (nSPS) is 17.1. The van der Waals surface area contributed by atoms with Crippen molar-refractivity contribution < 1.29 is 18.1 Å². The summed E-state index contributed by atoms with van der Waals surface area (Å²) in [6.45, 7) is 6.47. The second-order valence-corrected chi connectivity index (χ2v) is 9.56. The lowest BCUT2D eigenvalue weighted by Gasteiger charge is -2.33. The molecular weight excluding hydrogens is 398 g/mol. The number of benzene rings is 2. The molecule has 160 valence electrons. The van der Waals surface area contributed by atoms with Gasteiger partial charge in [0.25, 0.3) is 5.91 Å². The van der Waals surface area contributed by atoms with Crippen LogP contribution in [-0.2, 0) is 21.4 Å². The molecule has 1 atom stereocenters. The first kappa shape index (κ1) is 22.2. The molecule has 2 N–H and O–H groups in total. The molecule has 0 aromatic heterocycles. The first-order chi connectivity index (χ1) is 14.3. The van der Waals surface area contributed by atoms with Crippen LogP contribution in [0.5, 0.6) is 0 Å². The molecule has 30 heavy (non-hydrogen) atoms. The largest absolute Gasteiger partial charge is 0.347 e. The van der Waals surface area contributed by atoms with Crippen molar-refractivity contribution in [2.24, 2.45) is 0 Å². The van der Waals surface area contributed by atoms with Gasteiger partial charge in [0, 0.05) is 12.0 Å². The van der Waals surface area contributed by atoms with Crippen LogP contribution in [0.25, 0.3) is 6.08 Å². The fraction of sp³-hybridized carbons (Fsp3) is 0.348. The quantitative estimate of drug-likeness (QED) is 0.696. The van der Waals surface area contributed by atoms with Gasteiger partial charge >= 0.3 is 0 Å². The highest BCUT2D eigenvalue weighted by atomic mass is 32.2. The van der Waals surface area contributed by atoms with E-state index in [0.29, 0.717) is 32.7 Å². The lowest BCUT2D eigenvalue weighted by molar-refractivity contribution is -0.917. The fourth-order valence-corrected chi connectivity index (χ4v) is 4.70. The number of aryl methyl sites for hydroxylation is 1. The lowest BCUT2D eigenvalue weighted by Crippen LogP contribution is -3.19. The van der Waals surface area contributed by atoms with Crippen LogP contribution < -0.4 is 10.2 Å². The van der Waals surface area contributed by atoms with Crippen LogP contribution >= 0.6 is 0 Å². The van der Waals surface area contributed by atoms with Crippen LogP contribution in [0, 0.1) is 6.92 Å². The predicted octanol–water partition coefficient (Wildman–Crippen LogP) is 1.20. The molecule has 1 fully saturated rings. The number of amides is 1. The minimum absolute atomic E-state index is 0.00847. The van der Waals surface area contributed by atoms with E-state index < -0.39 is 10.0 Å². The predicted molar refractivity (Wildman–Crippen MR) is 119 cm³/mol. The molecule has 2 aromatic carbocycles. The Morgan fingerprint density at radius 2 is 1.73 bits per heavy atom. The molecule has 1 aliphatic heterocycles. The van der Waals surface area contributed by atoms with Crippen LogP contribution in [0.15, 0.2) is 60.0 Å². The van der Waals surface area contributed by atoms with Crippen LogP contribution in [0.3, 0.4) is 0 Å². The molecule has 1 amide bonds. The number of sulfonamides is 1. The third-order valence-electron chi connectivity index (χ3n) is 5.55. The zero-order chi connectivity index (χ0) is 21.6. The summed E-state index contributed by atoms with van der Waals surface area (Å²) in [6.07, 6.45) is 1.62. The first-order valence-electron chi connectivity index (χ1n) is 10.3. The van der Waals surface area contributed by atoms with Crippen LogP contribution in [0.4, 0.5) is 0 Å². The number of nitrogens with zero attached hydrogens (tertiary/aromatic N) is 1. The van der Waals surface area contributed by atoms with Gasteiger partial charge in [0.15, 0.2) is 6.04 Å². The molecule has 1 saturated heterocycles. The van der Waals surface area contributed by atoms with Gasteiger partial charge in [-0.05, 0) is 31.1 Å². The van der Waals surface area contributed by atoms with E-state index in [1.807, 2.05) is 68.4 Å². The minimum Gasteiger partial charge on any atom is -0.347 e. The Kier molecular flexibility index (Phi) is 7.42. The Morgan fingerprint density at radius 3 is 2.37 bits per heavy atom. The van der Waals surface area contributed by atoms with E-state index >= 15 is 0 Å². The van der Waals surface area contributed by atoms with Crippen molar-refractivity contribution in [1.29, 1.82) is 0 Å². The van der Waals surface area contributed by atoms with Gasteiger partial charge in [-0.25, -0.2) is 8.42 Å². The van der Waals surface area contributed by atoms with Crippen molar-refractivity contribution in [3.63, 3.8) is 0 Å². The van der Waals surface area contributed by atoms with E-state index in [-0.39, 0.29) is 11.9 Å². The molecule has 7 heteroatoms. The van der Waals surface area contributed by atoms with E-state index in [1.165, 1.54) is 15.3 Å². The van der Waals surface area contributed by atoms with Gasteiger partial charge in [0.2, 0.25) is 10.0 Å². The average Bonchev–Trinajstić information content (AvgIpc) is 2.77. The minimum atomic E-state index is -3.46. The number of hydrogen-bond donors (Lipinski definition) is 2. The second-order valence-electron chi connectivity index (χ2n) is 7.74. The standard InChI is InChI=1S/C23H29N3O3S/c1-19-8-10-22(11-9-19)18-24-23(27)20(2)25-13-15-26(16-14-25)30(28,29)17-12-21-6-4-3-5-7-21/h3-12,17,20H,13-16,18H2,1-2H3,(H,24,27)/p+1/b17-12+/t20-/m1/s1. The van der Waals surface area contributed by atoms with Crippen molar-refractivity contribution in [2.45, 2.75) is 26.4 Å². The van der Waals surface area contributed by atoms with Gasteiger partial charge in [0.1, 0.15) is 0 Å². The Hall–Kier alpha value is -2.48. The number of nitrogens with one attached hydrogen (secondary N) is 2. The number of quaternary nitrogens is 1. The summed E-state index contributed by atoms with van der Waals surface area (Å²) in [6, 6.07) is 17.2. The van der Waals surface area contributed by atoms with E-state index in [4.69, 9.17) is 0 Å². The Bertz CT molecular complexity index is 965. The number of hydrogen-bond acceptors (Lipinski definition) is 3. The number of carbonyl (C=O) groups excluding carboxylic acids is 1. The van der Waals surface area contributed by atoms with Crippen molar-refractivity contribution in [1.82, 2.24) is 9.62 Å². The highest BCUT2D eigenvalue weighted by Crippen LogP contribution is 2.08. The lowest BCUT2D eigenvalue weighted by atomic mass is 10.1. The molecule has 6 nitrogen and oxygen atoms in total. The van der Waals surface area contributed by atoms with E-state index in [0.717, 1.165) is 16.0 Å².